The summed E-state index contributed by atoms with van der Waals surface area (Å²) in [5, 5.41) is 9.70. The van der Waals surface area contributed by atoms with Gasteiger partial charge in [0.2, 0.25) is 0 Å². The molecule has 0 aromatic heterocycles. The second kappa shape index (κ2) is 6.64. The first-order valence-corrected chi connectivity index (χ1v) is 7.52. The average Bonchev–Trinajstić information content (AvgIpc) is 2.46. The quantitative estimate of drug-likeness (QED) is 0.774. The Morgan fingerprint density at radius 2 is 1.95 bits per heavy atom. The zero-order valence-corrected chi connectivity index (χ0v) is 12.6. The van der Waals surface area contributed by atoms with Gasteiger partial charge in [0.05, 0.1) is 11.4 Å². The smallest absolute Gasteiger partial charge is 0.251 e. The van der Waals surface area contributed by atoms with E-state index in [1.807, 2.05) is 18.2 Å². The number of fused-ring (bicyclic) bond motifs is 1. The van der Waals surface area contributed by atoms with Crippen LogP contribution in [0.2, 0.25) is 0 Å². The molecule has 1 aromatic carbocycles. The highest BCUT2D eigenvalue weighted by atomic mass is 16.1. The van der Waals surface area contributed by atoms with Crippen molar-refractivity contribution in [3.63, 3.8) is 0 Å². The number of hydrogen-bond acceptors (Lipinski definition) is 3. The Balaban J connectivity index is 1.98. The van der Waals surface area contributed by atoms with Gasteiger partial charge >= 0.3 is 0 Å². The third-order valence-corrected chi connectivity index (χ3v) is 3.87. The Hall–Kier alpha value is -1.71. The summed E-state index contributed by atoms with van der Waals surface area (Å²) in [7, 11) is 0. The molecular weight excluding hydrogens is 250 g/mol. The minimum Gasteiger partial charge on any atom is -0.382 e. The van der Waals surface area contributed by atoms with Gasteiger partial charge in [-0.1, -0.05) is 20.3 Å². The molecule has 2 unspecified atom stereocenters. The van der Waals surface area contributed by atoms with Gasteiger partial charge in [-0.3, -0.25) is 4.79 Å². The van der Waals surface area contributed by atoms with Crippen LogP contribution >= 0.6 is 0 Å². The van der Waals surface area contributed by atoms with Gasteiger partial charge in [0.1, 0.15) is 0 Å². The normalized spacial score (nSPS) is 16.4. The molecule has 2 rings (SSSR count). The molecule has 0 saturated heterocycles. The Labute approximate surface area is 121 Å². The molecule has 3 N–H and O–H groups in total. The molecule has 0 spiro atoms. The maximum absolute atomic E-state index is 12.3. The summed E-state index contributed by atoms with van der Waals surface area (Å²) in [6, 6.07) is 5.98. The Kier molecular flexibility index (Phi) is 4.88. The van der Waals surface area contributed by atoms with E-state index in [-0.39, 0.29) is 11.9 Å². The summed E-state index contributed by atoms with van der Waals surface area (Å²) < 4.78 is 0. The van der Waals surface area contributed by atoms with Crippen LogP contribution in [0.1, 0.15) is 44.0 Å². The number of nitrogens with one attached hydrogen (secondary N) is 3. The van der Waals surface area contributed by atoms with Crippen LogP contribution in [0.5, 0.6) is 0 Å². The second-order valence-electron chi connectivity index (χ2n) is 5.74. The van der Waals surface area contributed by atoms with Gasteiger partial charge in [-0.15, -0.1) is 0 Å². The highest BCUT2D eigenvalue weighted by Crippen LogP contribution is 2.25. The maximum atomic E-state index is 12.3. The van der Waals surface area contributed by atoms with Crippen molar-refractivity contribution in [1.82, 2.24) is 5.32 Å². The molecule has 0 radical (unpaired) electrons. The lowest BCUT2D eigenvalue weighted by Crippen LogP contribution is -2.33. The average molecular weight is 275 g/mol. The van der Waals surface area contributed by atoms with Crippen molar-refractivity contribution < 1.29 is 4.79 Å². The number of hydrogen-bond donors (Lipinski definition) is 3. The van der Waals surface area contributed by atoms with Crippen molar-refractivity contribution in [2.75, 3.05) is 23.7 Å². The molecule has 110 valence electrons. The van der Waals surface area contributed by atoms with Crippen LogP contribution in [-0.2, 0) is 0 Å². The first-order valence-electron chi connectivity index (χ1n) is 7.52. The molecule has 1 heterocycles. The maximum Gasteiger partial charge on any atom is 0.251 e. The predicted molar refractivity (Wildman–Crippen MR) is 84.4 cm³/mol. The highest BCUT2D eigenvalue weighted by Gasteiger charge is 2.14. The molecule has 1 aliphatic rings. The third kappa shape index (κ3) is 3.65. The van der Waals surface area contributed by atoms with Crippen molar-refractivity contribution >= 4 is 17.3 Å². The monoisotopic (exact) mass is 275 g/mol. The van der Waals surface area contributed by atoms with E-state index >= 15 is 0 Å². The molecule has 0 aliphatic carbocycles. The number of rotatable bonds is 5. The van der Waals surface area contributed by atoms with Crippen molar-refractivity contribution in [3.05, 3.63) is 23.8 Å². The van der Waals surface area contributed by atoms with Gasteiger partial charge < -0.3 is 16.0 Å². The van der Waals surface area contributed by atoms with Crippen LogP contribution < -0.4 is 16.0 Å². The van der Waals surface area contributed by atoms with Gasteiger partial charge in [-0.2, -0.15) is 0 Å². The zero-order valence-electron chi connectivity index (χ0n) is 12.6. The number of carbonyl (C=O) groups excluding carboxylic acids is 1. The lowest BCUT2D eigenvalue weighted by Gasteiger charge is -2.21. The molecule has 1 aromatic rings. The largest absolute Gasteiger partial charge is 0.382 e. The topological polar surface area (TPSA) is 53.2 Å². The van der Waals surface area contributed by atoms with Crippen LogP contribution in [0.4, 0.5) is 11.4 Å². The van der Waals surface area contributed by atoms with Crippen LogP contribution in [0.15, 0.2) is 18.2 Å². The molecule has 1 amide bonds. The summed E-state index contributed by atoms with van der Waals surface area (Å²) in [6.45, 7) is 8.29. The summed E-state index contributed by atoms with van der Waals surface area (Å²) in [4.78, 5) is 12.3. The molecule has 2 atom stereocenters. The molecular formula is C16H25N3O. The molecule has 20 heavy (non-hydrogen) atoms. The van der Waals surface area contributed by atoms with Gasteiger partial charge in [0.15, 0.2) is 0 Å². The predicted octanol–water partition coefficient (Wildman–Crippen LogP) is 3.08. The summed E-state index contributed by atoms with van der Waals surface area (Å²) in [5.41, 5.74) is 2.80. The van der Waals surface area contributed by atoms with Crippen LogP contribution in [0.3, 0.4) is 0 Å². The fraction of sp³-hybridized carbons (Fsp3) is 0.562. The first-order chi connectivity index (χ1) is 9.60. The molecule has 4 heteroatoms. The molecule has 0 bridgehead atoms. The van der Waals surface area contributed by atoms with Crippen LogP contribution in [0.25, 0.3) is 0 Å². The van der Waals surface area contributed by atoms with Gasteiger partial charge in [0.25, 0.3) is 5.91 Å². The lowest BCUT2D eigenvalue weighted by molar-refractivity contribution is 0.0935. The van der Waals surface area contributed by atoms with Crippen molar-refractivity contribution in [2.24, 2.45) is 5.92 Å². The zero-order chi connectivity index (χ0) is 14.5. The van der Waals surface area contributed by atoms with Crippen LogP contribution in [0, 0.1) is 5.92 Å². The number of carbonyl (C=O) groups is 1. The Bertz CT molecular complexity index is 473. The first kappa shape index (κ1) is 14.7. The molecule has 4 nitrogen and oxygen atoms in total. The van der Waals surface area contributed by atoms with E-state index in [0.717, 1.165) is 42.9 Å². The van der Waals surface area contributed by atoms with E-state index in [1.54, 1.807) is 0 Å². The fourth-order valence-corrected chi connectivity index (χ4v) is 2.52. The number of amides is 1. The molecule has 0 saturated carbocycles. The summed E-state index contributed by atoms with van der Waals surface area (Å²) >= 11 is 0. The van der Waals surface area contributed by atoms with E-state index in [0.29, 0.717) is 5.92 Å². The second-order valence-corrected chi connectivity index (χ2v) is 5.74. The van der Waals surface area contributed by atoms with E-state index in [1.165, 1.54) is 0 Å². The third-order valence-electron chi connectivity index (χ3n) is 3.87. The summed E-state index contributed by atoms with van der Waals surface area (Å²) in [6.07, 6.45) is 2.17. The van der Waals surface area contributed by atoms with Gasteiger partial charge in [-0.25, -0.2) is 0 Å². The van der Waals surface area contributed by atoms with E-state index < -0.39 is 0 Å². The Morgan fingerprint density at radius 1 is 1.25 bits per heavy atom. The number of benzene rings is 1. The van der Waals surface area contributed by atoms with Crippen molar-refractivity contribution in [2.45, 2.75) is 39.7 Å². The minimum absolute atomic E-state index is 0.0102. The van der Waals surface area contributed by atoms with E-state index in [2.05, 4.69) is 36.7 Å². The summed E-state index contributed by atoms with van der Waals surface area (Å²) in [5.74, 6) is 0.649. The van der Waals surface area contributed by atoms with Gasteiger partial charge in [-0.05, 0) is 37.5 Å². The molecule has 1 aliphatic heterocycles. The minimum atomic E-state index is 0.0102. The van der Waals surface area contributed by atoms with Crippen molar-refractivity contribution in [1.29, 1.82) is 0 Å². The number of anilines is 2. The standard InChI is InChI=1S/C16H25N3O/c1-4-11(2)9-12(3)19-16(20)13-5-6-14-15(10-13)18-8-7-17-14/h5-6,10-12,17-18H,4,7-9H2,1-3H3,(H,19,20). The fourth-order valence-electron chi connectivity index (χ4n) is 2.52. The SMILES string of the molecule is CCC(C)CC(C)NC(=O)c1ccc2c(c1)NCCN2. The lowest BCUT2D eigenvalue weighted by atomic mass is 10.00. The van der Waals surface area contributed by atoms with Crippen LogP contribution in [-0.4, -0.2) is 25.0 Å². The van der Waals surface area contributed by atoms with Gasteiger partial charge in [0, 0.05) is 24.7 Å². The molecule has 0 fully saturated rings. The highest BCUT2D eigenvalue weighted by molar-refractivity contribution is 5.96. The van der Waals surface area contributed by atoms with E-state index in [4.69, 9.17) is 0 Å². The van der Waals surface area contributed by atoms with Crippen molar-refractivity contribution in [3.8, 4) is 0 Å². The Morgan fingerprint density at radius 3 is 2.65 bits per heavy atom. The van der Waals surface area contributed by atoms with E-state index in [9.17, 15) is 4.79 Å².